The number of anilines is 2. The third-order valence-electron chi connectivity index (χ3n) is 5.14. The molecule has 3 unspecified atom stereocenters. The molecule has 142 valence electrons. The van der Waals surface area contributed by atoms with Crippen molar-refractivity contribution in [2.24, 2.45) is 5.92 Å². The fourth-order valence-electron chi connectivity index (χ4n) is 3.74. The monoisotopic (exact) mass is 477 g/mol. The van der Waals surface area contributed by atoms with E-state index in [4.69, 9.17) is 10.8 Å². The van der Waals surface area contributed by atoms with E-state index in [1.54, 1.807) is 0 Å². The predicted octanol–water partition coefficient (Wildman–Crippen LogP) is -2.22. The normalized spacial score (nSPS) is 27.0. The molecule has 0 amide bonds. The SMILES string of the molecule is Nc1ncnc2c1c(NC1=CNC3C=CC=CC13)nn2CC1CCNC[I-]1. The quantitative estimate of drug-likeness (QED) is 0.225. The van der Waals surface area contributed by atoms with Crippen LogP contribution in [0.2, 0.25) is 0 Å². The summed E-state index contributed by atoms with van der Waals surface area (Å²) in [5.74, 6) is 1.49. The average molecular weight is 477 g/mol. The Labute approximate surface area is 167 Å². The van der Waals surface area contributed by atoms with E-state index >= 15 is 0 Å². The second kappa shape index (κ2) is 7.12. The van der Waals surface area contributed by atoms with Gasteiger partial charge in [0.1, 0.15) is 0 Å². The van der Waals surface area contributed by atoms with E-state index in [1.807, 2.05) is 10.9 Å². The van der Waals surface area contributed by atoms with Gasteiger partial charge in [0.15, 0.2) is 0 Å². The number of hydrogen-bond donors (Lipinski definition) is 4. The zero-order chi connectivity index (χ0) is 18.2. The minimum absolute atomic E-state index is 0.138. The van der Waals surface area contributed by atoms with Gasteiger partial charge in [-0.3, -0.25) is 0 Å². The molecule has 0 radical (unpaired) electrons. The van der Waals surface area contributed by atoms with Crippen LogP contribution < -0.4 is 42.9 Å². The van der Waals surface area contributed by atoms with Gasteiger partial charge in [-0.1, -0.05) is 0 Å². The summed E-state index contributed by atoms with van der Waals surface area (Å²) in [5, 5.41) is 16.0. The predicted molar refractivity (Wildman–Crippen MR) is 101 cm³/mol. The second-order valence-corrected chi connectivity index (χ2v) is 10.3. The molecule has 9 heteroatoms. The minimum atomic E-state index is 0.138. The number of halogens is 1. The molecule has 2 aromatic rings. The van der Waals surface area contributed by atoms with Gasteiger partial charge in [0.05, 0.1) is 0 Å². The number of fused-ring (bicyclic) bond motifs is 2. The summed E-state index contributed by atoms with van der Waals surface area (Å²) in [7, 11) is 0. The zero-order valence-corrected chi connectivity index (χ0v) is 16.9. The molecule has 0 aromatic carbocycles. The Kier molecular flexibility index (Phi) is 4.48. The molecule has 1 fully saturated rings. The second-order valence-electron chi connectivity index (χ2n) is 6.87. The Bertz CT molecular complexity index is 940. The van der Waals surface area contributed by atoms with E-state index in [1.165, 1.54) is 17.3 Å². The van der Waals surface area contributed by atoms with E-state index in [0.717, 1.165) is 35.6 Å². The molecule has 2 aliphatic heterocycles. The van der Waals surface area contributed by atoms with Crippen molar-refractivity contribution in [1.29, 1.82) is 0 Å². The van der Waals surface area contributed by atoms with Gasteiger partial charge in [0, 0.05) is 0 Å². The van der Waals surface area contributed by atoms with Crippen molar-refractivity contribution >= 4 is 22.7 Å². The molecule has 8 nitrogen and oxygen atoms in total. The van der Waals surface area contributed by atoms with E-state index < -0.39 is 0 Å². The number of rotatable bonds is 4. The molecule has 5 rings (SSSR count). The summed E-state index contributed by atoms with van der Waals surface area (Å²) in [6.07, 6.45) is 13.3. The molecule has 0 saturated carbocycles. The number of hydrogen-bond acceptors (Lipinski definition) is 7. The zero-order valence-electron chi connectivity index (χ0n) is 14.8. The Morgan fingerprint density at radius 3 is 3.11 bits per heavy atom. The first-order chi connectivity index (χ1) is 13.3. The molecule has 2 aromatic heterocycles. The van der Waals surface area contributed by atoms with Gasteiger partial charge in [-0.05, 0) is 0 Å². The topological polar surface area (TPSA) is 106 Å². The molecule has 1 saturated heterocycles. The summed E-state index contributed by atoms with van der Waals surface area (Å²) in [5.41, 5.74) is 8.10. The first kappa shape index (κ1) is 17.0. The van der Waals surface area contributed by atoms with E-state index in [9.17, 15) is 0 Å². The first-order valence-corrected chi connectivity index (χ1v) is 11.9. The van der Waals surface area contributed by atoms with Gasteiger partial charge in [-0.15, -0.1) is 0 Å². The molecule has 0 bridgehead atoms. The summed E-state index contributed by atoms with van der Waals surface area (Å²) in [4.78, 5) is 8.68. The number of nitrogens with two attached hydrogens (primary N) is 1. The number of nitrogens with zero attached hydrogens (tertiary/aromatic N) is 4. The van der Waals surface area contributed by atoms with Gasteiger partial charge >= 0.3 is 168 Å². The van der Waals surface area contributed by atoms with Gasteiger partial charge in [0.2, 0.25) is 0 Å². The summed E-state index contributed by atoms with van der Waals surface area (Å²) >= 11 is 0.138. The van der Waals surface area contributed by atoms with Gasteiger partial charge < -0.3 is 0 Å². The Morgan fingerprint density at radius 2 is 2.22 bits per heavy atom. The Hall–Kier alpha value is -2.14. The van der Waals surface area contributed by atoms with Crippen molar-refractivity contribution in [3.05, 3.63) is 42.5 Å². The number of nitrogen functional groups attached to an aromatic ring is 1. The van der Waals surface area contributed by atoms with Crippen LogP contribution in [0, 0.1) is 5.92 Å². The van der Waals surface area contributed by atoms with Crippen molar-refractivity contribution in [2.75, 3.05) is 22.1 Å². The fourth-order valence-corrected chi connectivity index (χ4v) is 6.46. The van der Waals surface area contributed by atoms with Crippen LogP contribution in [0.1, 0.15) is 6.42 Å². The third-order valence-corrected chi connectivity index (χ3v) is 8.38. The summed E-state index contributed by atoms with van der Waals surface area (Å²) < 4.78 is 3.90. The van der Waals surface area contributed by atoms with Crippen LogP contribution in [0.15, 0.2) is 42.5 Å². The molecule has 3 aliphatic rings. The van der Waals surface area contributed by atoms with E-state index in [2.05, 4.69) is 50.2 Å². The molecular formula is C18H22IN8-. The van der Waals surface area contributed by atoms with Crippen LogP contribution in [0.25, 0.3) is 11.0 Å². The van der Waals surface area contributed by atoms with Crippen molar-refractivity contribution in [1.82, 2.24) is 30.4 Å². The molecule has 1 aliphatic carbocycles. The van der Waals surface area contributed by atoms with Crippen molar-refractivity contribution in [2.45, 2.75) is 22.9 Å². The molecule has 0 spiro atoms. The van der Waals surface area contributed by atoms with E-state index in [0.29, 0.717) is 15.8 Å². The summed E-state index contributed by atoms with van der Waals surface area (Å²) in [6.45, 7) is 1.99. The molecule has 3 atom stereocenters. The van der Waals surface area contributed by atoms with Crippen LogP contribution in [-0.2, 0) is 6.54 Å². The average Bonchev–Trinajstić information content (AvgIpc) is 3.26. The first-order valence-electron chi connectivity index (χ1n) is 9.13. The summed E-state index contributed by atoms with van der Waals surface area (Å²) in [6, 6.07) is 0.291. The van der Waals surface area contributed by atoms with Crippen LogP contribution in [0.5, 0.6) is 0 Å². The Morgan fingerprint density at radius 1 is 1.30 bits per heavy atom. The third kappa shape index (κ3) is 3.18. The van der Waals surface area contributed by atoms with Crippen LogP contribution in [-0.4, -0.2) is 40.8 Å². The van der Waals surface area contributed by atoms with Crippen molar-refractivity contribution in [3.8, 4) is 0 Å². The molecule has 5 N–H and O–H groups in total. The Balaban J connectivity index is 1.47. The molecule has 4 heterocycles. The van der Waals surface area contributed by atoms with Crippen molar-refractivity contribution in [3.63, 3.8) is 0 Å². The fraction of sp³-hybridized carbons (Fsp3) is 0.389. The van der Waals surface area contributed by atoms with Crippen molar-refractivity contribution < 1.29 is 21.2 Å². The van der Waals surface area contributed by atoms with Crippen LogP contribution in [0.4, 0.5) is 11.6 Å². The molecular weight excluding hydrogens is 455 g/mol. The van der Waals surface area contributed by atoms with Crippen LogP contribution >= 0.6 is 0 Å². The van der Waals surface area contributed by atoms with Gasteiger partial charge in [0.25, 0.3) is 0 Å². The number of nitrogens with one attached hydrogen (secondary N) is 3. The number of alkyl halides is 2. The number of aromatic nitrogens is 4. The standard InChI is InChI=1S/C18H22IN8/c20-16-15-17(25-14-7-22-13-4-2-1-3-12(13)14)26-27(18(15)24-10-23-16)8-11-5-6-21-9-19-11/h1-4,7,10-13,21-22H,5-6,8-9H2,(H,25,26)(H2,20,23,24)/q-1. The van der Waals surface area contributed by atoms with Crippen LogP contribution in [0.3, 0.4) is 0 Å². The number of allylic oxidation sites excluding steroid dienone is 2. The van der Waals surface area contributed by atoms with Gasteiger partial charge in [-0.2, -0.15) is 0 Å². The molecule has 27 heavy (non-hydrogen) atoms. The van der Waals surface area contributed by atoms with E-state index in [-0.39, 0.29) is 27.1 Å². The maximum absolute atomic E-state index is 6.20. The maximum atomic E-state index is 6.20. The van der Waals surface area contributed by atoms with Gasteiger partial charge in [-0.25, -0.2) is 0 Å².